The van der Waals surface area contributed by atoms with Crippen molar-refractivity contribution in [3.05, 3.63) is 30.5 Å². The Balaban J connectivity index is 1.55. The minimum Gasteiger partial charge on any atom is -0.325 e. The lowest BCUT2D eigenvalue weighted by Gasteiger charge is -2.20. The number of nitrogens with zero attached hydrogens (tertiary/aromatic N) is 3. The third-order valence-electron chi connectivity index (χ3n) is 4.47. The van der Waals surface area contributed by atoms with Gasteiger partial charge in [0.1, 0.15) is 6.04 Å². The lowest BCUT2D eigenvalue weighted by Crippen LogP contribution is -2.23. The highest BCUT2D eigenvalue weighted by Crippen LogP contribution is 2.26. The first-order valence-electron chi connectivity index (χ1n) is 8.05. The van der Waals surface area contributed by atoms with Gasteiger partial charge in [-0.1, -0.05) is 32.1 Å². The molecule has 1 atom stereocenters. The van der Waals surface area contributed by atoms with Crippen LogP contribution in [0.5, 0.6) is 0 Å². The number of carbonyl (C=O) groups excluding carboxylic acids is 1. The minimum atomic E-state index is -0.305. The van der Waals surface area contributed by atoms with Crippen molar-refractivity contribution in [2.24, 2.45) is 5.92 Å². The number of carbonyl (C=O) groups is 1. The van der Waals surface area contributed by atoms with Crippen molar-refractivity contribution in [3.63, 3.8) is 0 Å². The van der Waals surface area contributed by atoms with Gasteiger partial charge in [-0.2, -0.15) is 5.10 Å². The van der Waals surface area contributed by atoms with Gasteiger partial charge >= 0.3 is 0 Å². The van der Waals surface area contributed by atoms with Gasteiger partial charge in [-0.15, -0.1) is 0 Å². The van der Waals surface area contributed by atoms with Crippen molar-refractivity contribution in [2.45, 2.75) is 51.5 Å². The first-order chi connectivity index (χ1) is 10.7. The van der Waals surface area contributed by atoms with Gasteiger partial charge in [0.15, 0.2) is 5.82 Å². The van der Waals surface area contributed by atoms with Gasteiger partial charge in [0.25, 0.3) is 0 Å². The number of rotatable bonds is 5. The van der Waals surface area contributed by atoms with E-state index in [9.17, 15) is 4.79 Å². The Morgan fingerprint density at radius 1 is 1.45 bits per heavy atom. The first-order valence-corrected chi connectivity index (χ1v) is 8.05. The molecule has 1 aliphatic rings. The zero-order valence-electron chi connectivity index (χ0n) is 13.0. The molecule has 1 aliphatic carbocycles. The summed E-state index contributed by atoms with van der Waals surface area (Å²) in [5, 5.41) is 10.1. The predicted octanol–water partition coefficient (Wildman–Crippen LogP) is 2.93. The van der Waals surface area contributed by atoms with Crippen LogP contribution in [-0.4, -0.2) is 25.7 Å². The lowest BCUT2D eigenvalue weighted by molar-refractivity contribution is -0.118. The number of H-pyrrole nitrogens is 1. The van der Waals surface area contributed by atoms with Gasteiger partial charge in [0.05, 0.1) is 6.33 Å². The SMILES string of the molecule is CC(C(=O)Nc1cc(CC2CCCCC2)[nH]n1)n1ccnc1. The fourth-order valence-corrected chi connectivity index (χ4v) is 3.10. The molecule has 2 N–H and O–H groups in total. The van der Waals surface area contributed by atoms with Crippen molar-refractivity contribution in [1.82, 2.24) is 19.7 Å². The second-order valence-electron chi connectivity index (χ2n) is 6.16. The number of hydrogen-bond donors (Lipinski definition) is 2. The summed E-state index contributed by atoms with van der Waals surface area (Å²) in [6, 6.07) is 1.65. The zero-order valence-corrected chi connectivity index (χ0v) is 13.0. The van der Waals surface area contributed by atoms with Crippen molar-refractivity contribution >= 4 is 11.7 Å². The highest BCUT2D eigenvalue weighted by Gasteiger charge is 2.17. The zero-order chi connectivity index (χ0) is 15.4. The van der Waals surface area contributed by atoms with E-state index in [0.717, 1.165) is 18.0 Å². The third kappa shape index (κ3) is 3.55. The van der Waals surface area contributed by atoms with Crippen LogP contribution in [0.4, 0.5) is 5.82 Å². The fourth-order valence-electron chi connectivity index (χ4n) is 3.10. The van der Waals surface area contributed by atoms with E-state index in [0.29, 0.717) is 5.82 Å². The van der Waals surface area contributed by atoms with Crippen LogP contribution in [-0.2, 0) is 11.2 Å². The van der Waals surface area contributed by atoms with Crippen LogP contribution in [0.1, 0.15) is 50.8 Å². The van der Waals surface area contributed by atoms with Gasteiger partial charge in [0, 0.05) is 24.2 Å². The van der Waals surface area contributed by atoms with Gasteiger partial charge in [-0.3, -0.25) is 9.89 Å². The summed E-state index contributed by atoms with van der Waals surface area (Å²) >= 11 is 0. The highest BCUT2D eigenvalue weighted by atomic mass is 16.2. The molecule has 0 saturated heterocycles. The van der Waals surface area contributed by atoms with Crippen LogP contribution >= 0.6 is 0 Å². The summed E-state index contributed by atoms with van der Waals surface area (Å²) in [5.41, 5.74) is 1.11. The van der Waals surface area contributed by atoms with Crippen molar-refractivity contribution in [1.29, 1.82) is 0 Å². The Hall–Kier alpha value is -2.11. The van der Waals surface area contributed by atoms with Crippen LogP contribution in [0.2, 0.25) is 0 Å². The minimum absolute atomic E-state index is 0.0892. The topological polar surface area (TPSA) is 75.6 Å². The number of anilines is 1. The highest BCUT2D eigenvalue weighted by molar-refractivity contribution is 5.92. The van der Waals surface area contributed by atoms with E-state index < -0.39 is 0 Å². The van der Waals surface area contributed by atoms with Crippen LogP contribution in [0, 0.1) is 5.92 Å². The molecular formula is C16H23N5O. The molecule has 0 aliphatic heterocycles. The molecule has 1 amide bonds. The van der Waals surface area contributed by atoms with Gasteiger partial charge < -0.3 is 9.88 Å². The Morgan fingerprint density at radius 3 is 3.00 bits per heavy atom. The van der Waals surface area contributed by atoms with E-state index in [1.165, 1.54) is 32.1 Å². The number of amides is 1. The summed E-state index contributed by atoms with van der Waals surface area (Å²) in [6.07, 6.45) is 12.8. The lowest BCUT2D eigenvalue weighted by atomic mass is 9.86. The van der Waals surface area contributed by atoms with Gasteiger partial charge in [0.2, 0.25) is 5.91 Å². The van der Waals surface area contributed by atoms with Crippen LogP contribution in [0.15, 0.2) is 24.8 Å². The average molecular weight is 301 g/mol. The molecule has 2 aromatic rings. The van der Waals surface area contributed by atoms with E-state index >= 15 is 0 Å². The molecule has 1 saturated carbocycles. The van der Waals surface area contributed by atoms with Crippen molar-refractivity contribution in [3.8, 4) is 0 Å². The van der Waals surface area contributed by atoms with E-state index in [1.807, 2.05) is 13.0 Å². The molecule has 3 rings (SSSR count). The van der Waals surface area contributed by atoms with Crippen LogP contribution in [0.3, 0.4) is 0 Å². The summed E-state index contributed by atoms with van der Waals surface area (Å²) < 4.78 is 1.77. The molecule has 22 heavy (non-hydrogen) atoms. The van der Waals surface area contributed by atoms with Gasteiger partial charge in [-0.25, -0.2) is 4.98 Å². The van der Waals surface area contributed by atoms with Crippen LogP contribution in [0.25, 0.3) is 0 Å². The molecule has 6 nitrogen and oxygen atoms in total. The van der Waals surface area contributed by atoms with Crippen molar-refractivity contribution in [2.75, 3.05) is 5.32 Å². The summed E-state index contributed by atoms with van der Waals surface area (Å²) in [5.74, 6) is 1.26. The summed E-state index contributed by atoms with van der Waals surface area (Å²) in [6.45, 7) is 1.84. The second kappa shape index (κ2) is 6.77. The maximum absolute atomic E-state index is 12.2. The third-order valence-corrected chi connectivity index (χ3v) is 4.47. The Kier molecular flexibility index (Phi) is 4.56. The molecule has 1 unspecified atom stereocenters. The predicted molar refractivity (Wildman–Crippen MR) is 84.4 cm³/mol. The normalized spacial score (nSPS) is 17.3. The Morgan fingerprint density at radius 2 is 2.27 bits per heavy atom. The largest absolute Gasteiger partial charge is 0.325 e. The van der Waals surface area contributed by atoms with Gasteiger partial charge in [-0.05, 0) is 19.3 Å². The molecule has 0 spiro atoms. The van der Waals surface area contributed by atoms with Crippen molar-refractivity contribution < 1.29 is 4.79 Å². The quantitative estimate of drug-likeness (QED) is 0.891. The number of imidazole rings is 1. The number of nitrogens with one attached hydrogen (secondary N) is 2. The Bertz CT molecular complexity index is 598. The molecule has 1 fully saturated rings. The summed E-state index contributed by atoms with van der Waals surface area (Å²) in [7, 11) is 0. The van der Waals surface area contributed by atoms with E-state index in [-0.39, 0.29) is 11.9 Å². The standard InChI is InChI=1S/C16H23N5O/c1-12(21-8-7-17-11-21)16(22)18-15-10-14(19-20-15)9-13-5-3-2-4-6-13/h7-8,10-13H,2-6,9H2,1H3,(H2,18,19,20,22). The monoisotopic (exact) mass is 301 g/mol. The van der Waals surface area contributed by atoms with Crippen LogP contribution < -0.4 is 5.32 Å². The van der Waals surface area contributed by atoms with E-state index in [1.54, 1.807) is 23.3 Å². The van der Waals surface area contributed by atoms with E-state index in [4.69, 9.17) is 0 Å². The fraction of sp³-hybridized carbons (Fsp3) is 0.562. The molecule has 6 heteroatoms. The number of aromatic amines is 1. The molecule has 118 valence electrons. The maximum atomic E-state index is 12.2. The second-order valence-corrected chi connectivity index (χ2v) is 6.16. The molecular weight excluding hydrogens is 278 g/mol. The average Bonchev–Trinajstić information content (AvgIpc) is 3.19. The smallest absolute Gasteiger partial charge is 0.248 e. The number of aromatic nitrogens is 4. The number of hydrogen-bond acceptors (Lipinski definition) is 3. The molecule has 2 heterocycles. The Labute approximate surface area is 130 Å². The molecule has 0 radical (unpaired) electrons. The molecule has 2 aromatic heterocycles. The summed E-state index contributed by atoms with van der Waals surface area (Å²) in [4.78, 5) is 16.2. The maximum Gasteiger partial charge on any atom is 0.248 e. The first kappa shape index (κ1) is 14.8. The molecule has 0 bridgehead atoms. The van der Waals surface area contributed by atoms with E-state index in [2.05, 4.69) is 20.5 Å². The molecule has 0 aromatic carbocycles.